The molecule has 0 fully saturated rings. The van der Waals surface area contributed by atoms with Gasteiger partial charge in [-0.1, -0.05) is 41.7 Å². The fourth-order valence-corrected chi connectivity index (χ4v) is 2.91. The van der Waals surface area contributed by atoms with Crippen molar-refractivity contribution < 1.29 is 9.72 Å². The van der Waals surface area contributed by atoms with Crippen molar-refractivity contribution in [1.82, 2.24) is 20.5 Å². The Bertz CT molecular complexity index is 874. The number of rotatable bonds is 5. The minimum atomic E-state index is -0.551. The lowest BCUT2D eigenvalue weighted by atomic mass is 10.1. The molecule has 0 aliphatic carbocycles. The minimum Gasteiger partial charge on any atom is -0.337 e. The third kappa shape index (κ3) is 3.30. The molecule has 0 aliphatic rings. The van der Waals surface area contributed by atoms with Gasteiger partial charge in [0.25, 0.3) is 5.91 Å². The normalized spacial score (nSPS) is 11.9. The van der Waals surface area contributed by atoms with Crippen molar-refractivity contribution in [1.29, 1.82) is 0 Å². The number of nitro groups is 1. The molecule has 0 saturated carbocycles. The van der Waals surface area contributed by atoms with Crippen molar-refractivity contribution in [3.05, 3.63) is 74.7 Å². The van der Waals surface area contributed by atoms with Gasteiger partial charge in [0.15, 0.2) is 5.82 Å². The first kappa shape index (κ1) is 15.8. The lowest BCUT2D eigenvalue weighted by Crippen LogP contribution is -2.29. The summed E-state index contributed by atoms with van der Waals surface area (Å²) in [4.78, 5) is 27.2. The lowest BCUT2D eigenvalue weighted by Gasteiger charge is -2.15. The number of hydrogen-bond donors (Lipinski definition) is 2. The average Bonchev–Trinajstić information content (AvgIpc) is 3.22. The van der Waals surface area contributed by atoms with Crippen LogP contribution in [-0.4, -0.2) is 26.0 Å². The SMILES string of the molecule is Cc1nc([C@H](NC(=O)c2ccc([N+](=O)[O-])s2)c2ccccc2)n[nH]1. The second-order valence-corrected chi connectivity index (χ2v) is 6.05. The number of H-pyrrole nitrogens is 1. The number of aromatic amines is 1. The quantitative estimate of drug-likeness (QED) is 0.546. The second kappa shape index (κ2) is 6.59. The van der Waals surface area contributed by atoms with Gasteiger partial charge < -0.3 is 5.32 Å². The first-order chi connectivity index (χ1) is 11.5. The molecule has 0 saturated heterocycles. The van der Waals surface area contributed by atoms with Gasteiger partial charge in [-0.3, -0.25) is 20.0 Å². The number of carbonyl (C=O) groups is 1. The number of carbonyl (C=O) groups excluding carboxylic acids is 1. The Labute approximate surface area is 140 Å². The Balaban J connectivity index is 1.88. The maximum absolute atomic E-state index is 12.5. The van der Waals surface area contributed by atoms with Crippen LogP contribution in [0.5, 0.6) is 0 Å². The van der Waals surface area contributed by atoms with E-state index < -0.39 is 16.9 Å². The van der Waals surface area contributed by atoms with E-state index >= 15 is 0 Å². The molecule has 9 heteroatoms. The number of aryl methyl sites for hydroxylation is 1. The third-order valence-electron chi connectivity index (χ3n) is 3.28. The van der Waals surface area contributed by atoms with Gasteiger partial charge in [0.05, 0.1) is 9.80 Å². The van der Waals surface area contributed by atoms with Crippen LogP contribution in [0.1, 0.15) is 32.9 Å². The van der Waals surface area contributed by atoms with Crippen molar-refractivity contribution in [2.45, 2.75) is 13.0 Å². The van der Waals surface area contributed by atoms with Crippen molar-refractivity contribution >= 4 is 22.2 Å². The summed E-state index contributed by atoms with van der Waals surface area (Å²) < 4.78 is 0. The molecule has 1 aromatic carbocycles. The smallest absolute Gasteiger partial charge is 0.324 e. The van der Waals surface area contributed by atoms with E-state index in [-0.39, 0.29) is 9.88 Å². The number of benzene rings is 1. The van der Waals surface area contributed by atoms with E-state index in [1.165, 1.54) is 12.1 Å². The number of amides is 1. The van der Waals surface area contributed by atoms with Crippen LogP contribution in [0.25, 0.3) is 0 Å². The van der Waals surface area contributed by atoms with Crippen LogP contribution in [0.4, 0.5) is 5.00 Å². The molecule has 0 bridgehead atoms. The Morgan fingerprint density at radius 3 is 2.62 bits per heavy atom. The van der Waals surface area contributed by atoms with Gasteiger partial charge in [0.2, 0.25) is 0 Å². The zero-order valence-electron chi connectivity index (χ0n) is 12.6. The van der Waals surface area contributed by atoms with E-state index in [1.54, 1.807) is 6.92 Å². The minimum absolute atomic E-state index is 0.0786. The third-order valence-corrected chi connectivity index (χ3v) is 4.31. The van der Waals surface area contributed by atoms with Gasteiger partial charge in [-0.05, 0) is 18.6 Å². The van der Waals surface area contributed by atoms with Gasteiger partial charge in [0.1, 0.15) is 11.9 Å². The molecule has 2 aromatic heterocycles. The number of nitrogens with one attached hydrogen (secondary N) is 2. The molecule has 122 valence electrons. The summed E-state index contributed by atoms with van der Waals surface area (Å²) >= 11 is 0.827. The fraction of sp³-hybridized carbons (Fsp3) is 0.133. The van der Waals surface area contributed by atoms with Crippen LogP contribution >= 0.6 is 11.3 Å². The van der Waals surface area contributed by atoms with Crippen LogP contribution in [0, 0.1) is 17.0 Å². The molecule has 0 spiro atoms. The standard InChI is InChI=1S/C15H13N5O3S/c1-9-16-14(19-18-9)13(10-5-3-2-4-6-10)17-15(21)11-7-8-12(24-11)20(22)23/h2-8,13H,1H3,(H,17,21)(H,16,18,19)/t13-/m1/s1. The highest BCUT2D eigenvalue weighted by molar-refractivity contribution is 7.17. The predicted octanol–water partition coefficient (Wildman–Crippen LogP) is 2.60. The Morgan fingerprint density at radius 2 is 2.04 bits per heavy atom. The summed E-state index contributed by atoms with van der Waals surface area (Å²) in [6, 6.07) is 11.5. The zero-order valence-corrected chi connectivity index (χ0v) is 13.4. The predicted molar refractivity (Wildman–Crippen MR) is 87.8 cm³/mol. The molecular weight excluding hydrogens is 330 g/mol. The van der Waals surface area contributed by atoms with Crippen LogP contribution < -0.4 is 5.32 Å². The lowest BCUT2D eigenvalue weighted by molar-refractivity contribution is -0.380. The molecule has 0 radical (unpaired) electrons. The van der Waals surface area contributed by atoms with Crippen LogP contribution in [0.3, 0.4) is 0 Å². The molecule has 24 heavy (non-hydrogen) atoms. The highest BCUT2D eigenvalue weighted by Crippen LogP contribution is 2.25. The molecule has 0 unspecified atom stereocenters. The number of hydrogen-bond acceptors (Lipinski definition) is 6. The first-order valence-electron chi connectivity index (χ1n) is 7.03. The highest BCUT2D eigenvalue weighted by atomic mass is 32.1. The summed E-state index contributed by atoms with van der Waals surface area (Å²) in [6.45, 7) is 1.77. The Kier molecular flexibility index (Phi) is 4.34. The van der Waals surface area contributed by atoms with Gasteiger partial charge in [-0.2, -0.15) is 5.10 Å². The van der Waals surface area contributed by atoms with E-state index in [2.05, 4.69) is 20.5 Å². The molecule has 1 atom stereocenters. The van der Waals surface area contributed by atoms with E-state index in [0.29, 0.717) is 11.6 Å². The molecule has 2 heterocycles. The van der Waals surface area contributed by atoms with Crippen LogP contribution in [0.15, 0.2) is 42.5 Å². The maximum Gasteiger partial charge on any atom is 0.324 e. The van der Waals surface area contributed by atoms with Gasteiger partial charge in [-0.15, -0.1) is 0 Å². The molecule has 3 aromatic rings. The van der Waals surface area contributed by atoms with E-state index in [9.17, 15) is 14.9 Å². The summed E-state index contributed by atoms with van der Waals surface area (Å²) in [5, 5.41) is 20.4. The molecule has 1 amide bonds. The zero-order chi connectivity index (χ0) is 17.1. The summed E-state index contributed by atoms with van der Waals surface area (Å²) in [5.74, 6) is 0.648. The van der Waals surface area contributed by atoms with Crippen molar-refractivity contribution in [3.63, 3.8) is 0 Å². The topological polar surface area (TPSA) is 114 Å². The van der Waals surface area contributed by atoms with Crippen molar-refractivity contribution in [2.75, 3.05) is 0 Å². The van der Waals surface area contributed by atoms with Gasteiger partial charge in [0, 0.05) is 6.07 Å². The van der Waals surface area contributed by atoms with Crippen LogP contribution in [-0.2, 0) is 0 Å². The second-order valence-electron chi connectivity index (χ2n) is 4.99. The average molecular weight is 343 g/mol. The monoisotopic (exact) mass is 343 g/mol. The first-order valence-corrected chi connectivity index (χ1v) is 7.85. The fourth-order valence-electron chi connectivity index (χ4n) is 2.18. The van der Waals surface area contributed by atoms with E-state index in [1.807, 2.05) is 30.3 Å². The summed E-state index contributed by atoms with van der Waals surface area (Å²) in [7, 11) is 0. The number of nitrogens with zero attached hydrogens (tertiary/aromatic N) is 3. The van der Waals surface area contributed by atoms with E-state index in [4.69, 9.17) is 0 Å². The molecular formula is C15H13N5O3S. The van der Waals surface area contributed by atoms with Crippen molar-refractivity contribution in [3.8, 4) is 0 Å². The molecule has 2 N–H and O–H groups in total. The van der Waals surface area contributed by atoms with Crippen molar-refractivity contribution in [2.24, 2.45) is 0 Å². The highest BCUT2D eigenvalue weighted by Gasteiger charge is 2.23. The summed E-state index contributed by atoms with van der Waals surface area (Å²) in [6.07, 6.45) is 0. The molecule has 0 aliphatic heterocycles. The van der Waals surface area contributed by atoms with Gasteiger partial charge in [-0.25, -0.2) is 4.98 Å². The molecule has 8 nitrogen and oxygen atoms in total. The van der Waals surface area contributed by atoms with Crippen LogP contribution in [0.2, 0.25) is 0 Å². The van der Waals surface area contributed by atoms with E-state index in [0.717, 1.165) is 16.9 Å². The summed E-state index contributed by atoms with van der Waals surface area (Å²) in [5.41, 5.74) is 0.816. The van der Waals surface area contributed by atoms with Gasteiger partial charge >= 0.3 is 5.00 Å². The largest absolute Gasteiger partial charge is 0.337 e. The molecule has 3 rings (SSSR count). The number of thiophene rings is 1. The number of aromatic nitrogens is 3. The Hall–Kier alpha value is -3.07. The maximum atomic E-state index is 12.5. The Morgan fingerprint density at radius 1 is 1.29 bits per heavy atom.